The van der Waals surface area contributed by atoms with Crippen LogP contribution in [-0.4, -0.2) is 209 Å². The fourth-order valence-corrected chi connectivity index (χ4v) is 18.9. The van der Waals surface area contributed by atoms with Crippen LogP contribution in [0, 0.1) is 36.0 Å². The maximum atomic E-state index is 12.4. The average molecular weight is 1560 g/mol. The summed E-state index contributed by atoms with van der Waals surface area (Å²) in [7, 11) is -0.0513. The average Bonchev–Trinajstić information content (AvgIpc) is 1.34. The Labute approximate surface area is 661 Å². The summed E-state index contributed by atoms with van der Waals surface area (Å²) in [6.45, 7) is 41.4. The van der Waals surface area contributed by atoms with Crippen LogP contribution in [0.25, 0.3) is 0 Å². The quantitative estimate of drug-likeness (QED) is 0.0408. The van der Waals surface area contributed by atoms with Gasteiger partial charge in [0.1, 0.15) is 18.2 Å². The van der Waals surface area contributed by atoms with E-state index in [1.54, 1.807) is 63.3 Å². The van der Waals surface area contributed by atoms with Gasteiger partial charge in [0.25, 0.3) is 5.91 Å². The Morgan fingerprint density at radius 3 is 1.82 bits per heavy atom. The van der Waals surface area contributed by atoms with Crippen LogP contribution in [0.1, 0.15) is 124 Å². The van der Waals surface area contributed by atoms with Crippen LogP contribution in [0.4, 0.5) is 11.4 Å². The smallest absolute Gasteiger partial charge is 0.258 e. The molecule has 6 heterocycles. The number of nitrogens with zero attached hydrogens (tertiary/aromatic N) is 8. The van der Waals surface area contributed by atoms with Gasteiger partial charge in [-0.1, -0.05) is 94.4 Å². The molecule has 3 atom stereocenters. The van der Waals surface area contributed by atoms with Gasteiger partial charge in [-0.25, -0.2) is 13.4 Å². The first-order valence-electron chi connectivity index (χ1n) is 38.8. The molecule has 0 radical (unpaired) electrons. The van der Waals surface area contributed by atoms with Gasteiger partial charge in [0.05, 0.1) is 62.4 Å². The highest BCUT2D eigenvalue weighted by Gasteiger charge is 2.58. The van der Waals surface area contributed by atoms with E-state index in [4.69, 9.17) is 30.5 Å². The first kappa shape index (κ1) is 84.2. The SMILES string of the molecule is C=CC(=C)N1CCOc2ccc(S(C)(=O)=O)cc21.C=CC(=C)NC1CC(NC(C)=O)C1.C=CC(=O)N1CC2(CCC2)C2COCC21.C=CC(=O)N1CCN(C23CC4CC(CC(C4)C2)C3)CC1.C=CC(=O)N1CCN(c2ccc(C(C)=O)cc2)CC1.COc1cccc(C2CC(c3ccc(C)cc3)=NN2C(=O)CCl)c1OC. The number of ether oxygens (including phenoxy) is 4. The van der Waals surface area contributed by atoms with Crippen LogP contribution in [0.5, 0.6) is 17.2 Å². The molecule has 2 N–H and O–H groups in total. The minimum atomic E-state index is -3.23. The number of alkyl halides is 1. The summed E-state index contributed by atoms with van der Waals surface area (Å²) in [6.07, 6.45) is 24.0. The van der Waals surface area contributed by atoms with Crippen LogP contribution in [0.3, 0.4) is 0 Å². The molecule has 4 bridgehead atoms. The summed E-state index contributed by atoms with van der Waals surface area (Å²) in [6, 6.07) is 27.0. The van der Waals surface area contributed by atoms with Crippen molar-refractivity contribution in [2.24, 2.45) is 34.2 Å². The molecule has 6 saturated carbocycles. The number of Topliss-reactive ketones (excluding diaryl/α,β-unsaturated/α-hetero) is 1. The Bertz CT molecular complexity index is 4200. The summed E-state index contributed by atoms with van der Waals surface area (Å²) in [4.78, 5) is 82.1. The van der Waals surface area contributed by atoms with Gasteiger partial charge in [0.2, 0.25) is 23.6 Å². The number of rotatable bonds is 18. The van der Waals surface area contributed by atoms with Crippen molar-refractivity contribution in [2.45, 2.75) is 132 Å². The Balaban J connectivity index is 0.000000143. The van der Waals surface area contributed by atoms with Gasteiger partial charge in [-0.2, -0.15) is 5.10 Å². The highest BCUT2D eigenvalue weighted by Crippen LogP contribution is 2.58. The molecule has 596 valence electrons. The number of halogens is 1. The van der Waals surface area contributed by atoms with Gasteiger partial charge in [0, 0.05) is 130 Å². The van der Waals surface area contributed by atoms with Crippen LogP contribution < -0.4 is 34.6 Å². The van der Waals surface area contributed by atoms with Crippen molar-refractivity contribution in [3.8, 4) is 17.2 Å². The minimum absolute atomic E-state index is 0.00780. The number of amides is 5. The van der Waals surface area contributed by atoms with E-state index in [2.05, 4.69) is 71.6 Å². The van der Waals surface area contributed by atoms with Crippen LogP contribution >= 0.6 is 11.6 Å². The number of hydrogen-bond donors (Lipinski definition) is 2. The summed E-state index contributed by atoms with van der Waals surface area (Å²) in [5.41, 5.74) is 8.89. The van der Waals surface area contributed by atoms with Crippen molar-refractivity contribution >= 4 is 73.8 Å². The number of fused-ring (bicyclic) bond motifs is 3. The number of nitrogens with one attached hydrogen (secondary N) is 2. The first-order valence-corrected chi connectivity index (χ1v) is 41.2. The lowest BCUT2D eigenvalue weighted by atomic mass is 9.52. The van der Waals surface area contributed by atoms with Crippen LogP contribution in [-0.2, 0) is 38.5 Å². The number of methoxy groups -OCH3 is 2. The van der Waals surface area contributed by atoms with E-state index < -0.39 is 9.84 Å². The summed E-state index contributed by atoms with van der Waals surface area (Å²) in [5.74, 6) is 5.43. The third-order valence-electron chi connectivity index (χ3n) is 23.8. The number of hydrazone groups is 1. The normalized spacial score (nSPS) is 24.6. The van der Waals surface area contributed by atoms with E-state index in [1.807, 2.05) is 88.4 Å². The van der Waals surface area contributed by atoms with Crippen molar-refractivity contribution in [1.29, 1.82) is 0 Å². The lowest BCUT2D eigenvalue weighted by Crippen LogP contribution is -2.64. The standard InChI is InChI=1S/C20H21ClN2O3.C17H26N2O.C15H18N2O2.C13H15NO3S.C12H17NO2.C10H16N2O/c1-13-7-9-14(10-8-13)16-11-17(23(22-16)19(24)12-21)15-5-4-6-18(25-2)20(15)26-3;1-2-16(20)18-3-5-19(6-4-18)17-10-13-7-14(11-17)9-15(8-13)12-17;1-3-15(19)17-10-8-16(9-11-17)14-6-4-13(5-7-14)12(2)18;1-4-10(2)14-7-8-17-13-6-5-11(9-12(13)14)18(3,15)16;1-2-11(14)13-8-12(4-3-5-12)9-6-15-7-10(9)13;1-4-7(2)11-9-5-10(6-9)12-8(3)13/h4-10,17H,11-12H2,1-3H3;2,13-15H,1,3-12H2;3-7H,1,8-11H2,2H3;4-6,9H,1-2,7-8H2,3H3;2,9-10H,1,3-8H2;4,9-11H,1-2,5-6H2,3H3,(H,12,13). The summed E-state index contributed by atoms with van der Waals surface area (Å²) >= 11 is 5.82. The molecular weight excluding hydrogens is 1440 g/mol. The fourth-order valence-electron chi connectivity index (χ4n) is 18.2. The predicted octanol–water partition coefficient (Wildman–Crippen LogP) is 12.1. The maximum absolute atomic E-state index is 12.4. The Morgan fingerprint density at radius 2 is 1.30 bits per heavy atom. The molecule has 16 rings (SSSR count). The minimum Gasteiger partial charge on any atom is -0.493 e. The molecule has 24 heteroatoms. The third-order valence-corrected chi connectivity index (χ3v) is 25.2. The number of carbonyl (C=O) groups is 6. The number of allylic oxidation sites excluding steroid dienone is 2. The molecule has 12 aliphatic rings. The van der Waals surface area contributed by atoms with E-state index in [9.17, 15) is 37.2 Å². The van der Waals surface area contributed by atoms with Crippen molar-refractivity contribution in [3.05, 3.63) is 195 Å². The van der Waals surface area contributed by atoms with Gasteiger partial charge in [-0.05, 0) is 186 Å². The van der Waals surface area contributed by atoms with Gasteiger partial charge in [-0.15, -0.1) is 11.6 Å². The molecule has 6 aliphatic carbocycles. The second-order valence-corrected chi connectivity index (χ2v) is 33.3. The van der Waals surface area contributed by atoms with Crippen molar-refractivity contribution in [2.75, 3.05) is 121 Å². The molecular formula is C87H113ClN10O12S. The largest absolute Gasteiger partial charge is 0.493 e. The number of ketones is 1. The zero-order chi connectivity index (χ0) is 79.9. The molecule has 22 nitrogen and oxygen atoms in total. The zero-order valence-corrected chi connectivity index (χ0v) is 67.3. The van der Waals surface area contributed by atoms with E-state index >= 15 is 0 Å². The van der Waals surface area contributed by atoms with Crippen molar-refractivity contribution < 1.29 is 56.1 Å². The summed E-state index contributed by atoms with van der Waals surface area (Å²) in [5, 5.41) is 12.1. The van der Waals surface area contributed by atoms with Crippen LogP contribution in [0.15, 0.2) is 183 Å². The van der Waals surface area contributed by atoms with Gasteiger partial charge >= 0.3 is 0 Å². The van der Waals surface area contributed by atoms with E-state index in [1.165, 1.54) is 92.8 Å². The van der Waals surface area contributed by atoms with Gasteiger partial charge < -0.3 is 54.1 Å². The monoisotopic (exact) mass is 1560 g/mol. The molecule has 0 aromatic heterocycles. The van der Waals surface area contributed by atoms with Crippen molar-refractivity contribution in [1.82, 2.24) is 35.2 Å². The number of likely N-dealkylation sites (tertiary alicyclic amines) is 1. The van der Waals surface area contributed by atoms with E-state index in [-0.39, 0.29) is 52.1 Å². The van der Waals surface area contributed by atoms with E-state index in [0.29, 0.717) is 90.6 Å². The number of piperazine rings is 2. The molecule has 10 fully saturated rings. The molecule has 5 amide bonds. The maximum Gasteiger partial charge on any atom is 0.258 e. The lowest BCUT2D eigenvalue weighted by Gasteiger charge is -2.61. The molecule has 1 spiro atoms. The second kappa shape index (κ2) is 37.8. The van der Waals surface area contributed by atoms with Gasteiger partial charge in [0.15, 0.2) is 27.1 Å². The number of anilines is 2. The topological polar surface area (TPSA) is 233 Å². The lowest BCUT2D eigenvalue weighted by molar-refractivity contribution is -0.133. The Hall–Kier alpha value is -9.29. The third kappa shape index (κ3) is 20.3. The number of aryl methyl sites for hydroxylation is 1. The molecule has 4 aromatic carbocycles. The van der Waals surface area contributed by atoms with Gasteiger partial charge in [-0.3, -0.25) is 33.7 Å². The Kier molecular flexibility index (Phi) is 28.7. The first-order chi connectivity index (χ1) is 53.2. The highest BCUT2D eigenvalue weighted by molar-refractivity contribution is 7.90. The molecule has 6 aliphatic heterocycles. The fraction of sp³-hybridized carbons (Fsp3) is 0.483. The Morgan fingerprint density at radius 1 is 0.694 bits per heavy atom. The molecule has 3 unspecified atom stereocenters. The highest BCUT2D eigenvalue weighted by atomic mass is 35.5. The zero-order valence-electron chi connectivity index (χ0n) is 65.7. The van der Waals surface area contributed by atoms with E-state index in [0.717, 1.165) is 129 Å². The molecule has 4 aromatic rings. The van der Waals surface area contributed by atoms with Crippen LogP contribution in [0.2, 0.25) is 0 Å². The molecule has 111 heavy (non-hydrogen) atoms. The number of para-hydroxylation sites is 1. The number of hydrogen-bond acceptors (Lipinski definition) is 17. The summed E-state index contributed by atoms with van der Waals surface area (Å²) < 4.78 is 45.1. The molecule has 4 saturated heterocycles. The predicted molar refractivity (Wildman–Crippen MR) is 438 cm³/mol. The number of benzene rings is 4. The van der Waals surface area contributed by atoms with Crippen molar-refractivity contribution in [3.63, 3.8) is 0 Å². The number of sulfone groups is 1. The second-order valence-electron chi connectivity index (χ2n) is 31.0. The number of carbonyl (C=O) groups excluding carboxylic acids is 6.